The van der Waals surface area contributed by atoms with Crippen molar-refractivity contribution in [3.63, 3.8) is 0 Å². The van der Waals surface area contributed by atoms with E-state index in [0.717, 1.165) is 16.0 Å². The lowest BCUT2D eigenvalue weighted by molar-refractivity contribution is -0.142. The Morgan fingerprint density at radius 2 is 1.85 bits per heavy atom. The number of thiophene rings is 1. The van der Waals surface area contributed by atoms with Crippen molar-refractivity contribution >= 4 is 46.3 Å². The lowest BCUT2D eigenvalue weighted by Gasteiger charge is -2.04. The number of furan rings is 1. The summed E-state index contributed by atoms with van der Waals surface area (Å²) in [6, 6.07) is 12.0. The molecule has 2 heterocycles. The van der Waals surface area contributed by atoms with Crippen molar-refractivity contribution in [2.45, 2.75) is 13.3 Å². The molecule has 0 radical (unpaired) electrons. The average molecular weight is 409 g/mol. The van der Waals surface area contributed by atoms with Gasteiger partial charge in [-0.25, -0.2) is 0 Å². The van der Waals surface area contributed by atoms with Gasteiger partial charge in [-0.3, -0.25) is 9.59 Å². The topological polar surface area (TPSA) is 56.5 Å². The van der Waals surface area contributed by atoms with E-state index in [1.165, 1.54) is 23.5 Å². The molecule has 0 bridgehead atoms. The Kier molecular flexibility index (Phi) is 5.81. The van der Waals surface area contributed by atoms with Crippen LogP contribution in [0.2, 0.25) is 10.2 Å². The summed E-state index contributed by atoms with van der Waals surface area (Å²) in [5.74, 6) is -0.477. The number of esters is 1. The third-order valence-electron chi connectivity index (χ3n) is 3.58. The Hall–Kier alpha value is -2.08. The van der Waals surface area contributed by atoms with Gasteiger partial charge in [0.1, 0.15) is 0 Å². The predicted molar refractivity (Wildman–Crippen MR) is 102 cm³/mol. The predicted octanol–water partition coefficient (Wildman–Crippen LogP) is 5.65. The highest BCUT2D eigenvalue weighted by Crippen LogP contribution is 2.35. The molecule has 0 saturated heterocycles. The first-order valence-corrected chi connectivity index (χ1v) is 9.39. The third-order valence-corrected chi connectivity index (χ3v) is 5.26. The lowest BCUT2D eigenvalue weighted by atomic mass is 10.1. The summed E-state index contributed by atoms with van der Waals surface area (Å²) in [6.45, 7) is 2.05. The van der Waals surface area contributed by atoms with Crippen LogP contribution in [-0.4, -0.2) is 18.4 Å². The van der Waals surface area contributed by atoms with Crippen LogP contribution in [0.3, 0.4) is 0 Å². The first-order valence-electron chi connectivity index (χ1n) is 7.82. The van der Waals surface area contributed by atoms with E-state index < -0.39 is 0 Å². The van der Waals surface area contributed by atoms with E-state index in [4.69, 9.17) is 32.4 Å². The van der Waals surface area contributed by atoms with Crippen LogP contribution in [0.25, 0.3) is 10.4 Å². The summed E-state index contributed by atoms with van der Waals surface area (Å²) in [5.41, 5.74) is 1.59. The van der Waals surface area contributed by atoms with Crippen molar-refractivity contribution in [3.8, 4) is 10.4 Å². The lowest BCUT2D eigenvalue weighted by Crippen LogP contribution is -2.07. The molecule has 0 atom stereocenters. The molecule has 2 aromatic heterocycles. The fraction of sp³-hybridized carbons (Fsp3) is 0.158. The fourth-order valence-electron chi connectivity index (χ4n) is 2.44. The Bertz CT molecular complexity index is 941. The Morgan fingerprint density at radius 3 is 2.46 bits per heavy atom. The summed E-state index contributed by atoms with van der Waals surface area (Å²) in [7, 11) is 0. The van der Waals surface area contributed by atoms with Gasteiger partial charge in [0.25, 0.3) is 0 Å². The highest BCUT2D eigenvalue weighted by molar-refractivity contribution is 7.17. The van der Waals surface area contributed by atoms with Crippen LogP contribution in [0.1, 0.15) is 27.9 Å². The number of rotatable bonds is 6. The Balaban J connectivity index is 2.00. The van der Waals surface area contributed by atoms with Gasteiger partial charge in [-0.15, -0.1) is 11.3 Å². The monoisotopic (exact) mass is 408 g/mol. The maximum absolute atomic E-state index is 12.6. The molecule has 0 aliphatic heterocycles. The second kappa shape index (κ2) is 8.08. The fourth-order valence-corrected chi connectivity index (χ4v) is 3.85. The summed E-state index contributed by atoms with van der Waals surface area (Å²) in [5, 5.41) is 0.758. The summed E-state index contributed by atoms with van der Waals surface area (Å²) in [4.78, 5) is 25.9. The van der Waals surface area contributed by atoms with Crippen molar-refractivity contribution in [3.05, 3.63) is 68.9 Å². The zero-order valence-corrected chi connectivity index (χ0v) is 16.1. The molecule has 0 aliphatic carbocycles. The van der Waals surface area contributed by atoms with E-state index in [0.29, 0.717) is 16.5 Å². The van der Waals surface area contributed by atoms with Gasteiger partial charge in [0, 0.05) is 9.90 Å². The molecule has 0 aliphatic rings. The quantitative estimate of drug-likeness (QED) is 0.390. The van der Waals surface area contributed by atoms with E-state index in [2.05, 4.69) is 0 Å². The van der Waals surface area contributed by atoms with Crippen LogP contribution in [0.4, 0.5) is 0 Å². The van der Waals surface area contributed by atoms with Crippen LogP contribution < -0.4 is 0 Å². The van der Waals surface area contributed by atoms with Gasteiger partial charge in [0.2, 0.25) is 5.78 Å². The van der Waals surface area contributed by atoms with Crippen LogP contribution >= 0.6 is 34.5 Å². The van der Waals surface area contributed by atoms with Gasteiger partial charge in [0.15, 0.2) is 11.0 Å². The number of hydrogen-bond donors (Lipinski definition) is 0. The normalized spacial score (nSPS) is 10.7. The summed E-state index contributed by atoms with van der Waals surface area (Å²) >= 11 is 13.0. The molecule has 26 heavy (non-hydrogen) atoms. The van der Waals surface area contributed by atoms with Gasteiger partial charge in [-0.2, -0.15) is 0 Å². The van der Waals surface area contributed by atoms with Crippen molar-refractivity contribution in [2.75, 3.05) is 6.61 Å². The minimum atomic E-state index is -0.347. The van der Waals surface area contributed by atoms with Crippen molar-refractivity contribution < 1.29 is 18.7 Å². The van der Waals surface area contributed by atoms with Crippen LogP contribution in [-0.2, 0) is 16.0 Å². The number of ketones is 1. The Morgan fingerprint density at radius 1 is 1.12 bits per heavy atom. The van der Waals surface area contributed by atoms with Crippen molar-refractivity contribution in [2.24, 2.45) is 0 Å². The van der Waals surface area contributed by atoms with E-state index in [9.17, 15) is 9.59 Å². The third kappa shape index (κ3) is 4.18. The average Bonchev–Trinajstić information content (AvgIpc) is 3.22. The molecular weight excluding hydrogens is 395 g/mol. The molecule has 7 heteroatoms. The van der Waals surface area contributed by atoms with E-state index in [1.54, 1.807) is 25.1 Å². The van der Waals surface area contributed by atoms with Crippen LogP contribution in [0.15, 0.2) is 46.9 Å². The SMILES string of the molecule is CCOC(=O)Cc1cc(C(=O)c2ccc(Cl)o2)sc1-c1ccc(Cl)cc1. The first-order chi connectivity index (χ1) is 12.5. The first kappa shape index (κ1) is 18.7. The molecule has 134 valence electrons. The second-order valence-corrected chi connectivity index (χ2v) is 7.25. The number of carbonyl (C=O) groups excluding carboxylic acids is 2. The zero-order chi connectivity index (χ0) is 18.7. The van der Waals surface area contributed by atoms with Crippen LogP contribution in [0, 0.1) is 0 Å². The highest BCUT2D eigenvalue weighted by atomic mass is 35.5. The molecular formula is C19H14Cl2O4S. The summed E-state index contributed by atoms with van der Waals surface area (Å²) in [6.07, 6.45) is 0.0779. The second-order valence-electron chi connectivity index (χ2n) is 5.39. The number of carbonyl (C=O) groups is 2. The maximum Gasteiger partial charge on any atom is 0.310 e. The highest BCUT2D eigenvalue weighted by Gasteiger charge is 2.21. The van der Waals surface area contributed by atoms with E-state index in [-0.39, 0.29) is 29.2 Å². The van der Waals surface area contributed by atoms with Gasteiger partial charge >= 0.3 is 5.97 Å². The molecule has 0 amide bonds. The largest absolute Gasteiger partial charge is 0.466 e. The molecule has 3 rings (SSSR count). The van der Waals surface area contributed by atoms with E-state index in [1.807, 2.05) is 12.1 Å². The molecule has 3 aromatic rings. The van der Waals surface area contributed by atoms with E-state index >= 15 is 0 Å². The van der Waals surface area contributed by atoms with Crippen molar-refractivity contribution in [1.82, 2.24) is 0 Å². The molecule has 0 fully saturated rings. The van der Waals surface area contributed by atoms with Crippen LogP contribution in [0.5, 0.6) is 0 Å². The molecule has 4 nitrogen and oxygen atoms in total. The number of hydrogen-bond acceptors (Lipinski definition) is 5. The van der Waals surface area contributed by atoms with Gasteiger partial charge in [0.05, 0.1) is 17.9 Å². The van der Waals surface area contributed by atoms with Gasteiger partial charge in [-0.05, 0) is 60.0 Å². The molecule has 0 unspecified atom stereocenters. The minimum Gasteiger partial charge on any atom is -0.466 e. The smallest absolute Gasteiger partial charge is 0.310 e. The van der Waals surface area contributed by atoms with Crippen molar-refractivity contribution in [1.29, 1.82) is 0 Å². The standard InChI is InChI=1S/C19H14Cl2O4S/c1-2-24-17(22)10-12-9-15(18(23)14-7-8-16(21)25-14)26-19(12)11-3-5-13(20)6-4-11/h3-9H,2,10H2,1H3. The number of halogens is 2. The molecule has 0 spiro atoms. The summed E-state index contributed by atoms with van der Waals surface area (Å²) < 4.78 is 10.2. The maximum atomic E-state index is 12.6. The number of benzene rings is 1. The number of ether oxygens (including phenoxy) is 1. The minimum absolute atomic E-state index is 0.0779. The zero-order valence-electron chi connectivity index (χ0n) is 13.8. The molecule has 0 N–H and O–H groups in total. The Labute approximate surface area is 164 Å². The van der Waals surface area contributed by atoms with Gasteiger partial charge in [-0.1, -0.05) is 23.7 Å². The molecule has 1 aromatic carbocycles. The molecule has 0 saturated carbocycles. The van der Waals surface area contributed by atoms with Gasteiger partial charge < -0.3 is 9.15 Å².